The van der Waals surface area contributed by atoms with Crippen molar-refractivity contribution < 1.29 is 14.3 Å². The lowest BCUT2D eigenvalue weighted by Crippen LogP contribution is -2.41. The summed E-state index contributed by atoms with van der Waals surface area (Å²) in [6.07, 6.45) is 3.77. The molecule has 3 aromatic rings. The van der Waals surface area contributed by atoms with Crippen molar-refractivity contribution in [3.05, 3.63) is 57.7 Å². The summed E-state index contributed by atoms with van der Waals surface area (Å²) in [4.78, 5) is 13.4. The molecule has 1 saturated heterocycles. The van der Waals surface area contributed by atoms with Gasteiger partial charge in [0.15, 0.2) is 5.69 Å². The highest BCUT2D eigenvalue weighted by molar-refractivity contribution is 6.35. The third-order valence-corrected chi connectivity index (χ3v) is 7.68. The van der Waals surface area contributed by atoms with Crippen LogP contribution in [0.4, 0.5) is 0 Å². The standard InChI is InChI=1S/C25H24Cl2N4O3/c1-33-17-6-7-18-22(10-17)34-13-19-23(25(32)29-30-11-14-3-2-4-15(14)12-30)28-31(24(18)19)21-8-5-16(26)9-20(21)27/h5-10,14-15H,2-4,11-13H2,1H3,(H,29,32). The van der Waals surface area contributed by atoms with Crippen molar-refractivity contribution in [2.75, 3.05) is 20.2 Å². The number of ether oxygens (including phenoxy) is 2. The largest absolute Gasteiger partial charge is 0.497 e. The summed E-state index contributed by atoms with van der Waals surface area (Å²) < 4.78 is 13.1. The summed E-state index contributed by atoms with van der Waals surface area (Å²) in [6, 6.07) is 10.8. The van der Waals surface area contributed by atoms with E-state index in [1.165, 1.54) is 19.3 Å². The van der Waals surface area contributed by atoms with Crippen molar-refractivity contribution >= 4 is 29.1 Å². The normalized spacial score (nSPS) is 20.9. The Morgan fingerprint density at radius 1 is 1.15 bits per heavy atom. The molecule has 2 aromatic carbocycles. The van der Waals surface area contributed by atoms with Crippen LogP contribution < -0.4 is 14.9 Å². The van der Waals surface area contributed by atoms with E-state index in [2.05, 4.69) is 5.43 Å². The molecule has 2 unspecified atom stereocenters. The van der Waals surface area contributed by atoms with Gasteiger partial charge in [0, 0.05) is 35.3 Å². The summed E-state index contributed by atoms with van der Waals surface area (Å²) in [5.74, 6) is 2.46. The number of methoxy groups -OCH3 is 1. The van der Waals surface area contributed by atoms with E-state index < -0.39 is 0 Å². The molecule has 7 nitrogen and oxygen atoms in total. The molecule has 9 heteroatoms. The molecule has 2 atom stereocenters. The molecule has 1 amide bonds. The number of amides is 1. The maximum absolute atomic E-state index is 13.4. The molecule has 1 aromatic heterocycles. The number of nitrogens with zero attached hydrogens (tertiary/aromatic N) is 3. The molecule has 0 spiro atoms. The Hall–Kier alpha value is -2.74. The highest BCUT2D eigenvalue weighted by atomic mass is 35.5. The Morgan fingerprint density at radius 3 is 2.68 bits per heavy atom. The van der Waals surface area contributed by atoms with Gasteiger partial charge < -0.3 is 9.47 Å². The molecule has 34 heavy (non-hydrogen) atoms. The molecule has 1 aliphatic carbocycles. The number of hydrazine groups is 1. The smallest absolute Gasteiger partial charge is 0.286 e. The molecular formula is C25H24Cl2N4O3. The Morgan fingerprint density at radius 2 is 1.94 bits per heavy atom. The number of hydrogen-bond acceptors (Lipinski definition) is 5. The molecule has 1 saturated carbocycles. The van der Waals surface area contributed by atoms with Crippen LogP contribution in [0.3, 0.4) is 0 Å². The van der Waals surface area contributed by atoms with Gasteiger partial charge in [-0.3, -0.25) is 10.2 Å². The molecule has 176 valence electrons. The summed E-state index contributed by atoms with van der Waals surface area (Å²) in [7, 11) is 1.61. The van der Waals surface area contributed by atoms with Crippen LogP contribution >= 0.6 is 23.2 Å². The third-order valence-electron chi connectivity index (χ3n) is 7.14. The molecule has 3 aliphatic rings. The van der Waals surface area contributed by atoms with Crippen molar-refractivity contribution in [2.45, 2.75) is 25.9 Å². The average molecular weight is 499 g/mol. The number of nitrogens with one attached hydrogen (secondary N) is 1. The minimum absolute atomic E-state index is 0.217. The molecule has 1 N–H and O–H groups in total. The fourth-order valence-corrected chi connectivity index (χ4v) is 5.98. The van der Waals surface area contributed by atoms with Gasteiger partial charge in [-0.05, 0) is 55.0 Å². The van der Waals surface area contributed by atoms with E-state index in [0.29, 0.717) is 44.8 Å². The zero-order valence-electron chi connectivity index (χ0n) is 18.7. The monoisotopic (exact) mass is 498 g/mol. The van der Waals surface area contributed by atoms with Crippen molar-refractivity contribution in [3.8, 4) is 28.4 Å². The summed E-state index contributed by atoms with van der Waals surface area (Å²) in [5, 5.41) is 7.76. The van der Waals surface area contributed by atoms with Crippen molar-refractivity contribution in [1.29, 1.82) is 0 Å². The third kappa shape index (κ3) is 3.63. The van der Waals surface area contributed by atoms with Crippen LogP contribution in [0.5, 0.6) is 11.5 Å². The van der Waals surface area contributed by atoms with Crippen LogP contribution in [0.15, 0.2) is 36.4 Å². The van der Waals surface area contributed by atoms with Gasteiger partial charge in [0.2, 0.25) is 0 Å². The van der Waals surface area contributed by atoms with E-state index in [1.807, 2.05) is 23.2 Å². The fraction of sp³-hybridized carbons (Fsp3) is 0.360. The van der Waals surface area contributed by atoms with E-state index >= 15 is 0 Å². The van der Waals surface area contributed by atoms with Gasteiger partial charge in [-0.25, -0.2) is 9.69 Å². The minimum Gasteiger partial charge on any atom is -0.497 e. The lowest BCUT2D eigenvalue weighted by Gasteiger charge is -2.21. The molecule has 3 heterocycles. The molecule has 0 bridgehead atoms. The van der Waals surface area contributed by atoms with Crippen molar-refractivity contribution in [3.63, 3.8) is 0 Å². The number of halogens is 2. The second-order valence-electron chi connectivity index (χ2n) is 9.13. The molecule has 0 radical (unpaired) electrons. The minimum atomic E-state index is -0.236. The number of carbonyl (C=O) groups is 1. The summed E-state index contributed by atoms with van der Waals surface area (Å²) >= 11 is 12.7. The van der Waals surface area contributed by atoms with Crippen LogP contribution in [0.1, 0.15) is 35.3 Å². The van der Waals surface area contributed by atoms with Crippen LogP contribution in [-0.4, -0.2) is 40.9 Å². The number of fused-ring (bicyclic) bond motifs is 4. The first-order chi connectivity index (χ1) is 16.5. The highest BCUT2D eigenvalue weighted by Gasteiger charge is 2.38. The van der Waals surface area contributed by atoms with Gasteiger partial charge in [0.05, 0.1) is 23.5 Å². The highest BCUT2D eigenvalue weighted by Crippen LogP contribution is 2.43. The van der Waals surface area contributed by atoms with Gasteiger partial charge in [-0.2, -0.15) is 5.10 Å². The van der Waals surface area contributed by atoms with Crippen LogP contribution in [0.25, 0.3) is 16.9 Å². The van der Waals surface area contributed by atoms with Gasteiger partial charge >= 0.3 is 0 Å². The number of rotatable bonds is 4. The van der Waals surface area contributed by atoms with E-state index in [9.17, 15) is 4.79 Å². The van der Waals surface area contributed by atoms with Gasteiger partial charge in [-0.15, -0.1) is 0 Å². The molecule has 6 rings (SSSR count). The molecule has 2 aliphatic heterocycles. The number of hydrogen-bond donors (Lipinski definition) is 1. The first kappa shape index (κ1) is 21.8. The Bertz CT molecular complexity index is 1280. The first-order valence-corrected chi connectivity index (χ1v) is 12.2. The zero-order valence-corrected chi connectivity index (χ0v) is 20.2. The zero-order chi connectivity index (χ0) is 23.4. The van der Waals surface area contributed by atoms with E-state index in [-0.39, 0.29) is 12.5 Å². The van der Waals surface area contributed by atoms with E-state index in [1.54, 1.807) is 30.0 Å². The maximum atomic E-state index is 13.4. The van der Waals surface area contributed by atoms with Crippen LogP contribution in [0, 0.1) is 11.8 Å². The van der Waals surface area contributed by atoms with Crippen LogP contribution in [0.2, 0.25) is 10.0 Å². The summed E-state index contributed by atoms with van der Waals surface area (Å²) in [6.45, 7) is 2.00. The maximum Gasteiger partial charge on any atom is 0.286 e. The van der Waals surface area contributed by atoms with Gasteiger partial charge in [-0.1, -0.05) is 29.6 Å². The van der Waals surface area contributed by atoms with Crippen molar-refractivity contribution in [2.24, 2.45) is 11.8 Å². The molecular weight excluding hydrogens is 475 g/mol. The Kier molecular flexibility index (Phi) is 5.43. The number of carbonyl (C=O) groups excluding carboxylic acids is 1. The van der Waals surface area contributed by atoms with Crippen molar-refractivity contribution in [1.82, 2.24) is 20.2 Å². The summed E-state index contributed by atoms with van der Waals surface area (Å²) in [5.41, 5.74) is 6.38. The number of aromatic nitrogens is 2. The SMILES string of the molecule is COc1ccc2c(c1)OCc1c(C(=O)NN3CC4CCCC4C3)nn(-c3ccc(Cl)cc3Cl)c1-2. The lowest BCUT2D eigenvalue weighted by atomic mass is 10.0. The predicted octanol–water partition coefficient (Wildman–Crippen LogP) is 5.12. The van der Waals surface area contributed by atoms with E-state index in [0.717, 1.165) is 29.9 Å². The Labute approximate surface area is 207 Å². The lowest BCUT2D eigenvalue weighted by molar-refractivity contribution is 0.0806. The van der Waals surface area contributed by atoms with E-state index in [4.69, 9.17) is 37.8 Å². The van der Waals surface area contributed by atoms with Gasteiger partial charge in [0.1, 0.15) is 18.1 Å². The topological polar surface area (TPSA) is 68.6 Å². The number of benzene rings is 2. The van der Waals surface area contributed by atoms with Crippen LogP contribution in [-0.2, 0) is 6.61 Å². The average Bonchev–Trinajstić information content (AvgIpc) is 3.52. The Balaban J connectivity index is 1.42. The van der Waals surface area contributed by atoms with Gasteiger partial charge in [0.25, 0.3) is 5.91 Å². The quantitative estimate of drug-likeness (QED) is 0.540. The second-order valence-corrected chi connectivity index (χ2v) is 9.97. The second kappa shape index (κ2) is 8.48. The first-order valence-electron chi connectivity index (χ1n) is 11.5. The molecule has 2 fully saturated rings. The fourth-order valence-electron chi connectivity index (χ4n) is 5.49. The predicted molar refractivity (Wildman–Crippen MR) is 130 cm³/mol.